The van der Waals surface area contributed by atoms with E-state index in [1.54, 1.807) is 31.4 Å². The number of hydrogen-bond acceptors (Lipinski definition) is 4. The number of fused-ring (bicyclic) bond motifs is 1. The van der Waals surface area contributed by atoms with E-state index in [0.29, 0.717) is 25.3 Å². The van der Waals surface area contributed by atoms with E-state index in [1.807, 2.05) is 18.2 Å². The number of benzene rings is 3. The molecule has 0 saturated heterocycles. The molecular weight excluding hydrogens is 352 g/mol. The Morgan fingerprint density at radius 2 is 1.75 bits per heavy atom. The quantitative estimate of drug-likeness (QED) is 0.557. The highest BCUT2D eigenvalue weighted by atomic mass is 16.5. The summed E-state index contributed by atoms with van der Waals surface area (Å²) >= 11 is 0. The third kappa shape index (κ3) is 5.09. The predicted molar refractivity (Wildman–Crippen MR) is 112 cm³/mol. The first-order chi connectivity index (χ1) is 13.7. The van der Waals surface area contributed by atoms with Crippen LogP contribution in [0.1, 0.15) is 28.4 Å². The topological polar surface area (TPSA) is 73.6 Å². The standard InChI is InChI=1S/C23H26N2O3/c1-27-13-4-14-28-21-11-9-18(10-12-21)23(26)25-22(16-24)20-8-7-17-5-2-3-6-19(17)15-20/h2-3,5-12,15,22H,4,13-14,16,24H2,1H3,(H,25,26). The first-order valence-electron chi connectivity index (χ1n) is 9.42. The van der Waals surface area contributed by atoms with E-state index in [9.17, 15) is 4.79 Å². The van der Waals surface area contributed by atoms with Gasteiger partial charge in [0.05, 0.1) is 12.6 Å². The summed E-state index contributed by atoms with van der Waals surface area (Å²) < 4.78 is 10.6. The number of ether oxygens (including phenoxy) is 2. The summed E-state index contributed by atoms with van der Waals surface area (Å²) in [5, 5.41) is 5.31. The fourth-order valence-corrected chi connectivity index (χ4v) is 3.04. The van der Waals surface area contributed by atoms with Gasteiger partial charge in [-0.25, -0.2) is 0 Å². The summed E-state index contributed by atoms with van der Waals surface area (Å²) in [7, 11) is 1.67. The van der Waals surface area contributed by atoms with E-state index in [1.165, 1.54) is 0 Å². The zero-order valence-electron chi connectivity index (χ0n) is 16.1. The molecule has 1 atom stereocenters. The summed E-state index contributed by atoms with van der Waals surface area (Å²) in [6.07, 6.45) is 0.822. The van der Waals surface area contributed by atoms with Gasteiger partial charge in [0.1, 0.15) is 5.75 Å². The molecule has 0 aliphatic carbocycles. The lowest BCUT2D eigenvalue weighted by molar-refractivity contribution is 0.0938. The molecule has 3 aromatic carbocycles. The number of nitrogens with one attached hydrogen (secondary N) is 1. The van der Waals surface area contributed by atoms with E-state index in [0.717, 1.165) is 28.5 Å². The normalized spacial score (nSPS) is 11.9. The minimum Gasteiger partial charge on any atom is -0.494 e. The molecule has 3 rings (SSSR count). The lowest BCUT2D eigenvalue weighted by Gasteiger charge is -2.18. The number of carbonyl (C=O) groups is 1. The van der Waals surface area contributed by atoms with Gasteiger partial charge in [-0.3, -0.25) is 4.79 Å². The van der Waals surface area contributed by atoms with Gasteiger partial charge in [-0.15, -0.1) is 0 Å². The Kier molecular flexibility index (Phi) is 7.00. The van der Waals surface area contributed by atoms with Crippen molar-refractivity contribution in [1.82, 2.24) is 5.32 Å². The van der Waals surface area contributed by atoms with Gasteiger partial charge in [0.25, 0.3) is 5.91 Å². The summed E-state index contributed by atoms with van der Waals surface area (Å²) in [6.45, 7) is 1.57. The van der Waals surface area contributed by atoms with Crippen LogP contribution in [0.4, 0.5) is 0 Å². The van der Waals surface area contributed by atoms with Gasteiger partial charge in [-0.2, -0.15) is 0 Å². The average Bonchev–Trinajstić information content (AvgIpc) is 2.75. The Morgan fingerprint density at radius 3 is 2.46 bits per heavy atom. The van der Waals surface area contributed by atoms with E-state index >= 15 is 0 Å². The minimum absolute atomic E-state index is 0.158. The summed E-state index contributed by atoms with van der Waals surface area (Å²) in [5.74, 6) is 0.576. The molecule has 0 spiro atoms. The zero-order valence-corrected chi connectivity index (χ0v) is 16.1. The first-order valence-corrected chi connectivity index (χ1v) is 9.42. The maximum absolute atomic E-state index is 12.6. The van der Waals surface area contributed by atoms with Crippen LogP contribution in [0, 0.1) is 0 Å². The molecule has 0 aliphatic heterocycles. The monoisotopic (exact) mass is 378 g/mol. The third-order valence-electron chi connectivity index (χ3n) is 4.59. The van der Waals surface area contributed by atoms with Gasteiger partial charge >= 0.3 is 0 Å². The molecule has 1 amide bonds. The smallest absolute Gasteiger partial charge is 0.251 e. The highest BCUT2D eigenvalue weighted by Gasteiger charge is 2.15. The Morgan fingerprint density at radius 1 is 1.00 bits per heavy atom. The van der Waals surface area contributed by atoms with Crippen LogP contribution >= 0.6 is 0 Å². The van der Waals surface area contributed by atoms with Crippen LogP contribution in [0.2, 0.25) is 0 Å². The zero-order chi connectivity index (χ0) is 19.8. The SMILES string of the molecule is COCCCOc1ccc(C(=O)NC(CN)c2ccc3ccccc3c2)cc1. The largest absolute Gasteiger partial charge is 0.494 e. The second kappa shape index (κ2) is 9.88. The maximum Gasteiger partial charge on any atom is 0.251 e. The number of rotatable bonds is 9. The number of amides is 1. The predicted octanol–water partition coefficient (Wildman–Crippen LogP) is 3.68. The molecule has 0 fully saturated rings. The van der Waals surface area contributed by atoms with Crippen LogP contribution in [-0.4, -0.2) is 32.8 Å². The fourth-order valence-electron chi connectivity index (χ4n) is 3.04. The van der Waals surface area contributed by atoms with Gasteiger partial charge < -0.3 is 20.5 Å². The highest BCUT2D eigenvalue weighted by molar-refractivity contribution is 5.94. The molecule has 1 unspecified atom stereocenters. The first kappa shape index (κ1) is 19.9. The average molecular weight is 378 g/mol. The third-order valence-corrected chi connectivity index (χ3v) is 4.59. The summed E-state index contributed by atoms with van der Waals surface area (Å²) in [5.41, 5.74) is 7.50. The van der Waals surface area contributed by atoms with Crippen molar-refractivity contribution < 1.29 is 14.3 Å². The second-order valence-corrected chi connectivity index (χ2v) is 6.59. The van der Waals surface area contributed by atoms with E-state index in [-0.39, 0.29) is 11.9 Å². The molecule has 3 N–H and O–H groups in total. The van der Waals surface area contributed by atoms with Crippen molar-refractivity contribution in [3.63, 3.8) is 0 Å². The molecule has 5 nitrogen and oxygen atoms in total. The number of carbonyl (C=O) groups excluding carboxylic acids is 1. The number of methoxy groups -OCH3 is 1. The molecule has 0 radical (unpaired) electrons. The Balaban J connectivity index is 1.64. The van der Waals surface area contributed by atoms with Gasteiger partial charge in [0.2, 0.25) is 0 Å². The molecule has 0 heterocycles. The van der Waals surface area contributed by atoms with Crippen LogP contribution in [-0.2, 0) is 4.74 Å². The molecule has 28 heavy (non-hydrogen) atoms. The van der Waals surface area contributed by atoms with Crippen molar-refractivity contribution in [2.24, 2.45) is 5.73 Å². The molecule has 0 aromatic heterocycles. The number of hydrogen-bond donors (Lipinski definition) is 2. The van der Waals surface area contributed by atoms with Crippen molar-refractivity contribution in [2.45, 2.75) is 12.5 Å². The van der Waals surface area contributed by atoms with Crippen LogP contribution in [0.3, 0.4) is 0 Å². The lowest BCUT2D eigenvalue weighted by Crippen LogP contribution is -2.33. The summed E-state index contributed by atoms with van der Waals surface area (Å²) in [4.78, 5) is 12.6. The highest BCUT2D eigenvalue weighted by Crippen LogP contribution is 2.21. The molecule has 0 saturated carbocycles. The van der Waals surface area contributed by atoms with Crippen LogP contribution in [0.15, 0.2) is 66.7 Å². The van der Waals surface area contributed by atoms with Crippen LogP contribution in [0.5, 0.6) is 5.75 Å². The maximum atomic E-state index is 12.6. The minimum atomic E-state index is -0.248. The van der Waals surface area contributed by atoms with Crippen molar-refractivity contribution in [1.29, 1.82) is 0 Å². The molecule has 146 valence electrons. The second-order valence-electron chi connectivity index (χ2n) is 6.59. The van der Waals surface area contributed by atoms with Gasteiger partial charge in [-0.05, 0) is 46.7 Å². The molecule has 0 aliphatic rings. The molecule has 3 aromatic rings. The lowest BCUT2D eigenvalue weighted by atomic mass is 10.0. The van der Waals surface area contributed by atoms with E-state index < -0.39 is 0 Å². The Labute approximate surface area is 165 Å². The van der Waals surface area contributed by atoms with Crippen molar-refractivity contribution >= 4 is 16.7 Å². The number of nitrogens with two attached hydrogens (primary N) is 1. The van der Waals surface area contributed by atoms with Crippen molar-refractivity contribution in [2.75, 3.05) is 26.9 Å². The fraction of sp³-hybridized carbons (Fsp3) is 0.261. The van der Waals surface area contributed by atoms with Crippen molar-refractivity contribution in [3.8, 4) is 5.75 Å². The van der Waals surface area contributed by atoms with Gasteiger partial charge in [-0.1, -0.05) is 36.4 Å². The van der Waals surface area contributed by atoms with Crippen molar-refractivity contribution in [3.05, 3.63) is 77.9 Å². The van der Waals surface area contributed by atoms with Crippen LogP contribution < -0.4 is 15.8 Å². The summed E-state index contributed by atoms with van der Waals surface area (Å²) in [6, 6.07) is 21.1. The van der Waals surface area contributed by atoms with E-state index in [4.69, 9.17) is 15.2 Å². The molecular formula is C23H26N2O3. The molecule has 5 heteroatoms. The van der Waals surface area contributed by atoms with Crippen LogP contribution in [0.25, 0.3) is 10.8 Å². The van der Waals surface area contributed by atoms with Gasteiger partial charge in [0, 0.05) is 32.2 Å². The van der Waals surface area contributed by atoms with E-state index in [2.05, 4.69) is 29.6 Å². The molecule has 0 bridgehead atoms. The Hall–Kier alpha value is -2.89. The Bertz CT molecular complexity index is 909. The van der Waals surface area contributed by atoms with Gasteiger partial charge in [0.15, 0.2) is 0 Å².